The highest BCUT2D eigenvalue weighted by Crippen LogP contribution is 2.42. The first-order valence-electron chi connectivity index (χ1n) is 13.4. The summed E-state index contributed by atoms with van der Waals surface area (Å²) >= 11 is 13.9. The molecule has 0 bridgehead atoms. The molecule has 10 nitrogen and oxygen atoms in total. The van der Waals surface area contributed by atoms with Gasteiger partial charge in [-0.2, -0.15) is 0 Å². The second-order valence-corrected chi connectivity index (χ2v) is 11.3. The van der Waals surface area contributed by atoms with Gasteiger partial charge in [-0.3, -0.25) is 19.7 Å². The third-order valence-corrected chi connectivity index (χ3v) is 8.54. The summed E-state index contributed by atoms with van der Waals surface area (Å²) in [5.74, 6) is 0.911. The fourth-order valence-corrected chi connectivity index (χ4v) is 6.36. The molecule has 12 heteroatoms. The molecule has 0 radical (unpaired) electrons. The number of halogens is 2. The summed E-state index contributed by atoms with van der Waals surface area (Å²) in [7, 11) is 3.10. The van der Waals surface area contributed by atoms with E-state index in [9.17, 15) is 4.79 Å². The number of ether oxygens (including phenoxy) is 2. The number of aromatic nitrogens is 4. The van der Waals surface area contributed by atoms with Gasteiger partial charge in [-0.25, -0.2) is 9.97 Å². The number of hydrogen-bond acceptors (Lipinski definition) is 9. The number of amides is 1. The van der Waals surface area contributed by atoms with Gasteiger partial charge < -0.3 is 20.5 Å². The zero-order valence-corrected chi connectivity index (χ0v) is 24.7. The number of nitrogens with two attached hydrogens (primary N) is 1. The van der Waals surface area contributed by atoms with Gasteiger partial charge >= 0.3 is 0 Å². The smallest absolute Gasteiger partial charge is 0.237 e. The van der Waals surface area contributed by atoms with Crippen LogP contribution in [0.5, 0.6) is 11.8 Å². The number of nitrogens with zero attached hydrogens (tertiary/aromatic N) is 5. The highest BCUT2D eigenvalue weighted by molar-refractivity contribution is 6.39. The molecular formula is C30H29Cl2N7O3. The third kappa shape index (κ3) is 5.15. The number of rotatable bonds is 8. The lowest BCUT2D eigenvalue weighted by atomic mass is 9.79. The lowest BCUT2D eigenvalue weighted by Crippen LogP contribution is -2.56. The number of carbonyl (C=O) groups excluding carboxylic acids is 1. The minimum absolute atomic E-state index is 0.0385. The minimum Gasteiger partial charge on any atom is -0.480 e. The van der Waals surface area contributed by atoms with E-state index in [1.54, 1.807) is 19.5 Å². The molecule has 2 saturated heterocycles. The van der Waals surface area contributed by atoms with Crippen molar-refractivity contribution in [3.63, 3.8) is 0 Å². The van der Waals surface area contributed by atoms with Crippen LogP contribution in [0, 0.1) is 5.41 Å². The molecule has 2 aliphatic rings. The molecule has 1 amide bonds. The fourth-order valence-electron chi connectivity index (χ4n) is 5.71. The number of carbonyl (C=O) groups is 1. The van der Waals surface area contributed by atoms with Crippen molar-refractivity contribution >= 4 is 29.1 Å². The highest BCUT2D eigenvalue weighted by Gasteiger charge is 2.48. The Kier molecular flexibility index (Phi) is 7.71. The van der Waals surface area contributed by atoms with Crippen LogP contribution < -0.4 is 20.5 Å². The Morgan fingerprint density at radius 3 is 1.90 bits per heavy atom. The standard InChI is InChI=1S/C30H29Cl2N7O3/c1-41-28-21(10-33)34-11-22(37-28)19-7-3-5-17(26(19)31)18-6-4-8-20(27(18)32)23-12-35-24(29(38-23)42-2)13-39-15-30(16-39)9-25(40)36-14-30/h3-8,11-12H,9-10,13-16,33H2,1-2H3,(H,36,40). The summed E-state index contributed by atoms with van der Waals surface area (Å²) in [5.41, 5.74) is 11.0. The van der Waals surface area contributed by atoms with E-state index in [0.29, 0.717) is 63.0 Å². The van der Waals surface area contributed by atoms with Gasteiger partial charge in [-0.1, -0.05) is 59.6 Å². The molecule has 0 atom stereocenters. The number of nitrogens with one attached hydrogen (secondary N) is 1. The molecule has 4 aromatic rings. The Hall–Kier alpha value is -3.83. The molecule has 42 heavy (non-hydrogen) atoms. The number of likely N-dealkylation sites (tertiary alicyclic amines) is 1. The molecule has 4 heterocycles. The van der Waals surface area contributed by atoms with Crippen molar-refractivity contribution in [3.8, 4) is 45.4 Å². The second kappa shape index (κ2) is 11.4. The van der Waals surface area contributed by atoms with E-state index in [1.165, 1.54) is 7.11 Å². The summed E-state index contributed by atoms with van der Waals surface area (Å²) in [4.78, 5) is 32.3. The predicted molar refractivity (Wildman–Crippen MR) is 160 cm³/mol. The Balaban J connectivity index is 1.28. The first kappa shape index (κ1) is 28.3. The lowest BCUT2D eigenvalue weighted by Gasteiger charge is -2.46. The maximum Gasteiger partial charge on any atom is 0.237 e. The van der Waals surface area contributed by atoms with Crippen molar-refractivity contribution in [1.29, 1.82) is 0 Å². The van der Waals surface area contributed by atoms with Crippen LogP contribution in [-0.4, -0.2) is 64.6 Å². The van der Waals surface area contributed by atoms with Crippen LogP contribution in [0.4, 0.5) is 0 Å². The van der Waals surface area contributed by atoms with Crippen LogP contribution in [0.2, 0.25) is 10.0 Å². The monoisotopic (exact) mass is 605 g/mol. The van der Waals surface area contributed by atoms with Crippen molar-refractivity contribution in [2.75, 3.05) is 33.9 Å². The average Bonchev–Trinajstić information content (AvgIpc) is 3.39. The van der Waals surface area contributed by atoms with Crippen LogP contribution >= 0.6 is 23.2 Å². The molecule has 2 aromatic heterocycles. The molecule has 1 spiro atoms. The summed E-state index contributed by atoms with van der Waals surface area (Å²) in [5, 5.41) is 3.88. The van der Waals surface area contributed by atoms with Gasteiger partial charge in [0, 0.05) is 66.8 Å². The molecule has 3 N–H and O–H groups in total. The maximum atomic E-state index is 11.7. The molecular weight excluding hydrogens is 577 g/mol. The van der Waals surface area contributed by atoms with E-state index in [2.05, 4.69) is 20.2 Å². The Bertz CT molecular complexity index is 1680. The third-order valence-electron chi connectivity index (χ3n) is 7.73. The van der Waals surface area contributed by atoms with E-state index in [4.69, 9.17) is 48.4 Å². The first-order chi connectivity index (χ1) is 20.3. The van der Waals surface area contributed by atoms with Gasteiger partial charge in [0.25, 0.3) is 0 Å². The van der Waals surface area contributed by atoms with Crippen LogP contribution in [0.15, 0.2) is 48.8 Å². The molecule has 0 aliphatic carbocycles. The van der Waals surface area contributed by atoms with E-state index >= 15 is 0 Å². The Morgan fingerprint density at radius 1 is 0.881 bits per heavy atom. The summed E-state index contributed by atoms with van der Waals surface area (Å²) in [6.07, 6.45) is 3.91. The number of hydrogen-bond donors (Lipinski definition) is 2. The second-order valence-electron chi connectivity index (χ2n) is 10.6. The van der Waals surface area contributed by atoms with Crippen molar-refractivity contribution < 1.29 is 14.3 Å². The van der Waals surface area contributed by atoms with Crippen molar-refractivity contribution in [1.82, 2.24) is 30.2 Å². The van der Waals surface area contributed by atoms with Crippen molar-refractivity contribution in [3.05, 3.63) is 70.2 Å². The Morgan fingerprint density at radius 2 is 1.40 bits per heavy atom. The largest absolute Gasteiger partial charge is 0.480 e. The van der Waals surface area contributed by atoms with Gasteiger partial charge in [0.2, 0.25) is 17.7 Å². The zero-order valence-electron chi connectivity index (χ0n) is 23.2. The van der Waals surface area contributed by atoms with Gasteiger partial charge in [0.1, 0.15) is 11.4 Å². The molecule has 2 aromatic carbocycles. The van der Waals surface area contributed by atoms with E-state index < -0.39 is 0 Å². The molecule has 0 saturated carbocycles. The Labute approximate surface area is 253 Å². The number of methoxy groups -OCH3 is 2. The van der Waals surface area contributed by atoms with E-state index in [-0.39, 0.29) is 17.9 Å². The van der Waals surface area contributed by atoms with Gasteiger partial charge in [0.15, 0.2) is 0 Å². The summed E-state index contributed by atoms with van der Waals surface area (Å²) < 4.78 is 11.0. The van der Waals surface area contributed by atoms with Gasteiger partial charge in [0.05, 0.1) is 48.0 Å². The summed E-state index contributed by atoms with van der Waals surface area (Å²) in [6.45, 7) is 3.19. The average molecular weight is 607 g/mol. The van der Waals surface area contributed by atoms with E-state index in [1.807, 2.05) is 36.4 Å². The molecule has 216 valence electrons. The number of benzene rings is 2. The van der Waals surface area contributed by atoms with Gasteiger partial charge in [-0.05, 0) is 0 Å². The molecule has 6 rings (SSSR count). The lowest BCUT2D eigenvalue weighted by molar-refractivity contribution is -0.120. The summed E-state index contributed by atoms with van der Waals surface area (Å²) in [6, 6.07) is 11.3. The first-order valence-corrected chi connectivity index (χ1v) is 14.2. The maximum absolute atomic E-state index is 11.7. The van der Waals surface area contributed by atoms with Crippen molar-refractivity contribution in [2.45, 2.75) is 19.5 Å². The van der Waals surface area contributed by atoms with Crippen LogP contribution in [-0.2, 0) is 17.9 Å². The van der Waals surface area contributed by atoms with E-state index in [0.717, 1.165) is 36.5 Å². The minimum atomic E-state index is 0.0385. The normalized spacial score (nSPS) is 15.9. The zero-order chi connectivity index (χ0) is 29.4. The molecule has 2 fully saturated rings. The quantitative estimate of drug-likeness (QED) is 0.301. The van der Waals surface area contributed by atoms with Crippen LogP contribution in [0.1, 0.15) is 17.8 Å². The van der Waals surface area contributed by atoms with Gasteiger partial charge in [-0.15, -0.1) is 0 Å². The molecule has 2 aliphatic heterocycles. The highest BCUT2D eigenvalue weighted by atomic mass is 35.5. The van der Waals surface area contributed by atoms with Crippen molar-refractivity contribution in [2.24, 2.45) is 11.1 Å². The SMILES string of the molecule is COc1nc(-c2cccc(-c3cccc(-c4cnc(CN5CC6(CNC(=O)C6)C5)c(OC)n4)c3Cl)c2Cl)cnc1CN. The topological polar surface area (TPSA) is 128 Å². The van der Waals surface area contributed by atoms with Crippen LogP contribution in [0.25, 0.3) is 33.6 Å². The predicted octanol–water partition coefficient (Wildman–Crippen LogP) is 4.37. The fraction of sp³-hybridized carbons (Fsp3) is 0.300. The molecule has 0 unspecified atom stereocenters. The van der Waals surface area contributed by atoms with Crippen LogP contribution in [0.3, 0.4) is 0 Å².